The molecule has 0 bridgehead atoms. The van der Waals surface area contributed by atoms with E-state index >= 15 is 0 Å². The number of rotatable bonds is 8. The second kappa shape index (κ2) is 12.0. The summed E-state index contributed by atoms with van der Waals surface area (Å²) in [5, 5.41) is 1.85. The number of aryl methyl sites for hydroxylation is 1. The van der Waals surface area contributed by atoms with Gasteiger partial charge in [0, 0.05) is 5.39 Å². The minimum absolute atomic E-state index is 0.0213. The Hall–Kier alpha value is -1.89. The molecule has 0 aliphatic heterocycles. The van der Waals surface area contributed by atoms with Gasteiger partial charge < -0.3 is 0 Å². The molecule has 0 nitrogen and oxygen atoms in total. The number of allylic oxidation sites excluding steroid dienone is 4. The Kier molecular flexibility index (Phi) is 8.82. The van der Waals surface area contributed by atoms with Crippen molar-refractivity contribution in [3.05, 3.63) is 71.6 Å². The molecule has 2 aliphatic carbocycles. The van der Waals surface area contributed by atoms with Crippen LogP contribution in [0.3, 0.4) is 0 Å². The second-order valence-corrected chi connectivity index (χ2v) is 10.7. The van der Waals surface area contributed by atoms with Crippen molar-refractivity contribution < 1.29 is 4.39 Å². The van der Waals surface area contributed by atoms with Crippen LogP contribution >= 0.6 is 0 Å². The highest BCUT2D eigenvalue weighted by Crippen LogP contribution is 2.40. The van der Waals surface area contributed by atoms with Gasteiger partial charge in [-0.2, -0.15) is 0 Å². The van der Waals surface area contributed by atoms with Crippen LogP contribution in [-0.2, 0) is 6.42 Å². The van der Waals surface area contributed by atoms with Crippen LogP contribution in [0.15, 0.2) is 54.6 Å². The van der Waals surface area contributed by atoms with E-state index in [4.69, 9.17) is 0 Å². The molecular weight excluding hydrogens is 403 g/mol. The summed E-state index contributed by atoms with van der Waals surface area (Å²) in [5.41, 5.74) is 2.26. The van der Waals surface area contributed by atoms with Crippen LogP contribution in [0.5, 0.6) is 0 Å². The molecule has 178 valence electrons. The zero-order chi connectivity index (χ0) is 23.0. The van der Waals surface area contributed by atoms with Gasteiger partial charge in [-0.15, -0.1) is 0 Å². The third-order valence-electron chi connectivity index (χ3n) is 8.53. The first-order valence-corrected chi connectivity index (χ1v) is 13.6. The molecule has 33 heavy (non-hydrogen) atoms. The Balaban J connectivity index is 1.27. The summed E-state index contributed by atoms with van der Waals surface area (Å²) in [6, 6.07) is 10.6. The number of hydrogen-bond donors (Lipinski definition) is 0. The fourth-order valence-electron chi connectivity index (χ4n) is 6.41. The lowest BCUT2D eigenvalue weighted by Gasteiger charge is -2.31. The lowest BCUT2D eigenvalue weighted by atomic mass is 9.74. The first-order valence-electron chi connectivity index (χ1n) is 13.6. The van der Waals surface area contributed by atoms with Crippen LogP contribution in [0.2, 0.25) is 0 Å². The summed E-state index contributed by atoms with van der Waals surface area (Å²) in [7, 11) is 0. The SMILES string of the molecule is C/C=C/CCc1ccc2cc(C3CCC(CCC4CCC(/C=C/C)CC4)CC3)ccc2c1F. The molecule has 0 atom stereocenters. The largest absolute Gasteiger partial charge is 0.206 e. The Bertz CT molecular complexity index is 936. The van der Waals surface area contributed by atoms with Gasteiger partial charge in [0.15, 0.2) is 0 Å². The highest BCUT2D eigenvalue weighted by molar-refractivity contribution is 5.84. The zero-order valence-corrected chi connectivity index (χ0v) is 20.9. The lowest BCUT2D eigenvalue weighted by molar-refractivity contribution is 0.246. The molecule has 0 heterocycles. The summed E-state index contributed by atoms with van der Waals surface area (Å²) in [6.45, 7) is 4.17. The molecule has 2 saturated carbocycles. The number of halogens is 1. The summed E-state index contributed by atoms with van der Waals surface area (Å²) in [5.74, 6) is 3.38. The van der Waals surface area contributed by atoms with Gasteiger partial charge >= 0.3 is 0 Å². The van der Waals surface area contributed by atoms with E-state index < -0.39 is 0 Å². The second-order valence-electron chi connectivity index (χ2n) is 10.7. The van der Waals surface area contributed by atoms with E-state index in [1.807, 2.05) is 25.1 Å². The van der Waals surface area contributed by atoms with Gasteiger partial charge in [-0.05, 0) is 118 Å². The Morgan fingerprint density at radius 2 is 1.52 bits per heavy atom. The molecule has 0 saturated heterocycles. The van der Waals surface area contributed by atoms with Crippen LogP contribution in [0.1, 0.15) is 102 Å². The van der Waals surface area contributed by atoms with E-state index in [2.05, 4.69) is 43.4 Å². The van der Waals surface area contributed by atoms with Crippen LogP contribution in [0.25, 0.3) is 10.8 Å². The van der Waals surface area contributed by atoms with Gasteiger partial charge in [-0.3, -0.25) is 0 Å². The van der Waals surface area contributed by atoms with Gasteiger partial charge in [-0.1, -0.05) is 67.5 Å². The molecular formula is C32H43F. The highest BCUT2D eigenvalue weighted by Gasteiger charge is 2.25. The number of benzene rings is 2. The van der Waals surface area contributed by atoms with Crippen molar-refractivity contribution in [3.63, 3.8) is 0 Å². The van der Waals surface area contributed by atoms with Crippen molar-refractivity contribution in [2.24, 2.45) is 17.8 Å². The molecule has 0 unspecified atom stereocenters. The Labute approximate surface area is 201 Å². The fraction of sp³-hybridized carbons (Fsp3) is 0.562. The van der Waals surface area contributed by atoms with Crippen LogP contribution < -0.4 is 0 Å². The average molecular weight is 447 g/mol. The van der Waals surface area contributed by atoms with Crippen LogP contribution in [0, 0.1) is 23.6 Å². The van der Waals surface area contributed by atoms with E-state index in [1.54, 1.807) is 0 Å². The van der Waals surface area contributed by atoms with Crippen molar-refractivity contribution in [2.75, 3.05) is 0 Å². The molecule has 2 fully saturated rings. The van der Waals surface area contributed by atoms with Gasteiger partial charge in [0.25, 0.3) is 0 Å². The van der Waals surface area contributed by atoms with Gasteiger partial charge in [0.1, 0.15) is 5.82 Å². The molecule has 0 N–H and O–H groups in total. The van der Waals surface area contributed by atoms with Crippen LogP contribution in [0.4, 0.5) is 4.39 Å². The standard InChI is InChI=1S/C32H43F/c1-3-5-6-8-28-19-20-30-23-29(21-22-31(30)32(28)33)27-17-15-26(16-18-27)14-13-25-11-9-24(7-4-2)10-12-25/h3-5,7,19-27H,6,8-18H2,1-2H3/b5-3+,7-4+. The first-order chi connectivity index (χ1) is 16.2. The van der Waals surface area contributed by atoms with Crippen molar-refractivity contribution in [1.29, 1.82) is 0 Å². The molecule has 2 aromatic carbocycles. The summed E-state index contributed by atoms with van der Waals surface area (Å²) in [6.07, 6.45) is 24.4. The van der Waals surface area contributed by atoms with E-state index in [0.717, 1.165) is 46.9 Å². The average Bonchev–Trinajstić information content (AvgIpc) is 2.85. The maximum atomic E-state index is 15.0. The minimum atomic E-state index is -0.0213. The first kappa shape index (κ1) is 24.2. The Morgan fingerprint density at radius 1 is 0.818 bits per heavy atom. The van der Waals surface area contributed by atoms with E-state index in [0.29, 0.717) is 5.92 Å². The van der Waals surface area contributed by atoms with Gasteiger partial charge in [-0.25, -0.2) is 4.39 Å². The fourth-order valence-corrected chi connectivity index (χ4v) is 6.41. The quantitative estimate of drug-likeness (QED) is 0.354. The smallest absolute Gasteiger partial charge is 0.134 e. The highest BCUT2D eigenvalue weighted by atomic mass is 19.1. The predicted octanol–water partition coefficient (Wildman–Crippen LogP) is 9.92. The molecule has 0 aromatic heterocycles. The Morgan fingerprint density at radius 3 is 2.18 bits per heavy atom. The van der Waals surface area contributed by atoms with Crippen molar-refractivity contribution >= 4 is 10.8 Å². The van der Waals surface area contributed by atoms with Gasteiger partial charge in [0.05, 0.1) is 0 Å². The van der Waals surface area contributed by atoms with Crippen molar-refractivity contribution in [1.82, 2.24) is 0 Å². The molecule has 1 heteroatoms. The zero-order valence-electron chi connectivity index (χ0n) is 20.9. The maximum absolute atomic E-state index is 15.0. The normalized spacial score (nSPS) is 26.5. The number of fused-ring (bicyclic) bond motifs is 1. The molecule has 0 amide bonds. The molecule has 0 spiro atoms. The topological polar surface area (TPSA) is 0 Å². The van der Waals surface area contributed by atoms with E-state index in [-0.39, 0.29) is 5.82 Å². The van der Waals surface area contributed by atoms with Crippen molar-refractivity contribution in [2.45, 2.75) is 96.8 Å². The molecule has 0 radical (unpaired) electrons. The third-order valence-corrected chi connectivity index (χ3v) is 8.53. The van der Waals surface area contributed by atoms with Gasteiger partial charge in [0.2, 0.25) is 0 Å². The summed E-state index contributed by atoms with van der Waals surface area (Å²) in [4.78, 5) is 0. The predicted molar refractivity (Wildman–Crippen MR) is 141 cm³/mol. The molecule has 4 rings (SSSR count). The third kappa shape index (κ3) is 6.37. The molecule has 2 aromatic rings. The summed E-state index contributed by atoms with van der Waals surface area (Å²) >= 11 is 0. The molecule has 2 aliphatic rings. The number of hydrogen-bond acceptors (Lipinski definition) is 0. The monoisotopic (exact) mass is 446 g/mol. The lowest BCUT2D eigenvalue weighted by Crippen LogP contribution is -2.17. The maximum Gasteiger partial charge on any atom is 0.134 e. The van der Waals surface area contributed by atoms with Crippen molar-refractivity contribution in [3.8, 4) is 0 Å². The summed E-state index contributed by atoms with van der Waals surface area (Å²) < 4.78 is 15.0. The van der Waals surface area contributed by atoms with E-state index in [1.165, 1.54) is 69.8 Å². The minimum Gasteiger partial charge on any atom is -0.206 e. The van der Waals surface area contributed by atoms with E-state index in [9.17, 15) is 4.39 Å². The van der Waals surface area contributed by atoms with Crippen LogP contribution in [-0.4, -0.2) is 0 Å².